The van der Waals surface area contributed by atoms with Crippen molar-refractivity contribution in [2.75, 3.05) is 13.6 Å². The summed E-state index contributed by atoms with van der Waals surface area (Å²) < 4.78 is 11.6. The largest absolute Gasteiger partial charge is 0.465 e. The summed E-state index contributed by atoms with van der Waals surface area (Å²) in [6.45, 7) is 11.5. The lowest BCUT2D eigenvalue weighted by molar-refractivity contribution is -0.0913. The fraction of sp³-hybridized carbons (Fsp3) is 0.750. The molecular weight excluding hydrogens is 254 g/mol. The number of hydrogen-bond acceptors (Lipinski definition) is 4. The van der Waals surface area contributed by atoms with Gasteiger partial charge in [-0.05, 0) is 53.8 Å². The first-order valence-corrected chi connectivity index (χ1v) is 7.24. The number of furan rings is 1. The molecule has 1 aliphatic rings. The van der Waals surface area contributed by atoms with E-state index in [0.717, 1.165) is 24.6 Å². The lowest BCUT2D eigenvalue weighted by atomic mass is 9.84. The third-order valence-electron chi connectivity index (χ3n) is 4.24. The van der Waals surface area contributed by atoms with Crippen LogP contribution in [0, 0.1) is 12.8 Å². The molecule has 1 aromatic heterocycles. The molecule has 1 aromatic rings. The molecule has 0 radical (unpaired) electrons. The van der Waals surface area contributed by atoms with E-state index in [2.05, 4.69) is 18.7 Å². The molecule has 20 heavy (non-hydrogen) atoms. The second kappa shape index (κ2) is 5.17. The Bertz CT molecular complexity index is 464. The highest BCUT2D eigenvalue weighted by atomic mass is 16.5. The molecule has 2 rings (SSSR count). The zero-order valence-electron chi connectivity index (χ0n) is 13.4. The maximum Gasteiger partial charge on any atom is 0.118 e. The Morgan fingerprint density at radius 2 is 1.85 bits per heavy atom. The van der Waals surface area contributed by atoms with Crippen molar-refractivity contribution in [3.8, 4) is 0 Å². The minimum atomic E-state index is -0.490. The van der Waals surface area contributed by atoms with Crippen LogP contribution in [0.25, 0.3) is 0 Å². The van der Waals surface area contributed by atoms with E-state index in [9.17, 15) is 5.11 Å². The van der Waals surface area contributed by atoms with Gasteiger partial charge in [0, 0.05) is 12.5 Å². The highest BCUT2D eigenvalue weighted by Crippen LogP contribution is 2.42. The molecule has 1 saturated heterocycles. The monoisotopic (exact) mass is 281 g/mol. The van der Waals surface area contributed by atoms with Crippen LogP contribution in [-0.4, -0.2) is 40.9 Å². The molecular formula is C16H27NO3. The van der Waals surface area contributed by atoms with Gasteiger partial charge in [0.2, 0.25) is 0 Å². The Balaban J connectivity index is 2.01. The first-order chi connectivity index (χ1) is 9.12. The lowest BCUT2D eigenvalue weighted by Crippen LogP contribution is -2.42. The van der Waals surface area contributed by atoms with Gasteiger partial charge in [0.25, 0.3) is 0 Å². The lowest BCUT2D eigenvalue weighted by Gasteiger charge is -2.30. The molecule has 1 N–H and O–H groups in total. The summed E-state index contributed by atoms with van der Waals surface area (Å²) in [6, 6.07) is 3.98. The third kappa shape index (κ3) is 3.08. The number of aryl methyl sites for hydroxylation is 1. The Labute approximate surface area is 121 Å². The molecule has 0 saturated carbocycles. The fourth-order valence-electron chi connectivity index (χ4n) is 3.23. The normalized spacial score (nSPS) is 28.2. The first-order valence-electron chi connectivity index (χ1n) is 7.24. The van der Waals surface area contributed by atoms with Crippen molar-refractivity contribution >= 4 is 0 Å². The molecule has 2 heterocycles. The molecule has 0 amide bonds. The van der Waals surface area contributed by atoms with Crippen molar-refractivity contribution in [2.24, 2.45) is 5.92 Å². The molecule has 2 unspecified atom stereocenters. The van der Waals surface area contributed by atoms with Crippen LogP contribution in [0.15, 0.2) is 16.5 Å². The van der Waals surface area contributed by atoms with Gasteiger partial charge in [0.05, 0.1) is 23.9 Å². The number of aliphatic hydroxyl groups excluding tert-OH is 1. The summed E-state index contributed by atoms with van der Waals surface area (Å²) in [4.78, 5) is 2.18. The maximum absolute atomic E-state index is 10.5. The standard InChI is InChI=1S/C16H27NO3/c1-11-7-8-12(19-11)9-17(6)10-13-14(18)16(4,5)20-15(13,2)3/h7-8,13-14,18H,9-10H2,1-6H3. The summed E-state index contributed by atoms with van der Waals surface area (Å²) in [7, 11) is 2.05. The second-order valence-electron chi connectivity index (χ2n) is 7.07. The number of aliphatic hydroxyl groups is 1. The van der Waals surface area contributed by atoms with Crippen molar-refractivity contribution in [1.82, 2.24) is 4.90 Å². The van der Waals surface area contributed by atoms with E-state index in [4.69, 9.17) is 9.15 Å². The van der Waals surface area contributed by atoms with Crippen molar-refractivity contribution < 1.29 is 14.3 Å². The van der Waals surface area contributed by atoms with Gasteiger partial charge in [-0.3, -0.25) is 4.90 Å². The molecule has 0 aromatic carbocycles. The van der Waals surface area contributed by atoms with Crippen molar-refractivity contribution in [3.63, 3.8) is 0 Å². The number of nitrogens with zero attached hydrogens (tertiary/aromatic N) is 1. The Kier molecular flexibility index (Phi) is 4.02. The van der Waals surface area contributed by atoms with Crippen LogP contribution in [0.3, 0.4) is 0 Å². The molecule has 114 valence electrons. The van der Waals surface area contributed by atoms with Crippen LogP contribution in [0.2, 0.25) is 0 Å². The van der Waals surface area contributed by atoms with E-state index < -0.39 is 11.7 Å². The van der Waals surface area contributed by atoms with Crippen molar-refractivity contribution in [2.45, 2.75) is 58.5 Å². The minimum Gasteiger partial charge on any atom is -0.465 e. The number of hydrogen-bond donors (Lipinski definition) is 1. The fourth-order valence-corrected chi connectivity index (χ4v) is 3.23. The van der Waals surface area contributed by atoms with E-state index in [1.807, 2.05) is 40.0 Å². The summed E-state index contributed by atoms with van der Waals surface area (Å²) in [5, 5.41) is 10.5. The van der Waals surface area contributed by atoms with E-state index in [-0.39, 0.29) is 11.5 Å². The molecule has 1 aliphatic heterocycles. The predicted octanol–water partition coefficient (Wildman–Crippen LogP) is 2.58. The molecule has 4 nitrogen and oxygen atoms in total. The van der Waals surface area contributed by atoms with E-state index in [0.29, 0.717) is 0 Å². The van der Waals surface area contributed by atoms with Crippen LogP contribution in [0.1, 0.15) is 39.2 Å². The van der Waals surface area contributed by atoms with Crippen LogP contribution < -0.4 is 0 Å². The summed E-state index contributed by atoms with van der Waals surface area (Å²) in [5.74, 6) is 1.97. The minimum absolute atomic E-state index is 0.0820. The molecule has 0 bridgehead atoms. The van der Waals surface area contributed by atoms with Gasteiger partial charge in [-0.1, -0.05) is 0 Å². The Hall–Kier alpha value is -0.840. The average molecular weight is 281 g/mol. The Morgan fingerprint density at radius 3 is 2.30 bits per heavy atom. The summed E-state index contributed by atoms with van der Waals surface area (Å²) in [5.41, 5.74) is -0.813. The zero-order chi connectivity index (χ0) is 15.1. The van der Waals surface area contributed by atoms with Gasteiger partial charge >= 0.3 is 0 Å². The Morgan fingerprint density at radius 1 is 1.20 bits per heavy atom. The first kappa shape index (κ1) is 15.5. The second-order valence-corrected chi connectivity index (χ2v) is 7.07. The highest BCUT2D eigenvalue weighted by Gasteiger charge is 2.53. The maximum atomic E-state index is 10.5. The van der Waals surface area contributed by atoms with Crippen LogP contribution >= 0.6 is 0 Å². The average Bonchev–Trinajstić information content (AvgIpc) is 2.74. The predicted molar refractivity (Wildman–Crippen MR) is 78.5 cm³/mol. The number of ether oxygens (including phenoxy) is 1. The molecule has 0 spiro atoms. The SMILES string of the molecule is Cc1ccc(CN(C)CC2C(O)C(C)(C)OC2(C)C)o1. The van der Waals surface area contributed by atoms with Crippen LogP contribution in [0.5, 0.6) is 0 Å². The summed E-state index contributed by atoms with van der Waals surface area (Å²) >= 11 is 0. The van der Waals surface area contributed by atoms with E-state index >= 15 is 0 Å². The molecule has 0 aliphatic carbocycles. The van der Waals surface area contributed by atoms with Gasteiger partial charge < -0.3 is 14.3 Å². The highest BCUT2D eigenvalue weighted by molar-refractivity contribution is 5.06. The van der Waals surface area contributed by atoms with E-state index in [1.54, 1.807) is 0 Å². The topological polar surface area (TPSA) is 45.8 Å². The molecule has 4 heteroatoms. The molecule has 1 fully saturated rings. The van der Waals surface area contributed by atoms with Gasteiger partial charge in [-0.25, -0.2) is 0 Å². The van der Waals surface area contributed by atoms with Gasteiger partial charge in [-0.15, -0.1) is 0 Å². The van der Waals surface area contributed by atoms with Crippen molar-refractivity contribution in [1.29, 1.82) is 0 Å². The van der Waals surface area contributed by atoms with Gasteiger partial charge in [0.15, 0.2) is 0 Å². The van der Waals surface area contributed by atoms with Crippen molar-refractivity contribution in [3.05, 3.63) is 23.7 Å². The third-order valence-corrected chi connectivity index (χ3v) is 4.24. The van der Waals surface area contributed by atoms with Crippen LogP contribution in [-0.2, 0) is 11.3 Å². The quantitative estimate of drug-likeness (QED) is 0.921. The summed E-state index contributed by atoms with van der Waals surface area (Å²) in [6.07, 6.45) is -0.460. The van der Waals surface area contributed by atoms with Crippen LogP contribution in [0.4, 0.5) is 0 Å². The van der Waals surface area contributed by atoms with E-state index in [1.165, 1.54) is 0 Å². The molecule has 2 atom stereocenters. The smallest absolute Gasteiger partial charge is 0.118 e. The zero-order valence-corrected chi connectivity index (χ0v) is 13.4. The number of rotatable bonds is 4. The van der Waals surface area contributed by atoms with Gasteiger partial charge in [-0.2, -0.15) is 0 Å². The van der Waals surface area contributed by atoms with Gasteiger partial charge in [0.1, 0.15) is 11.5 Å².